The molecule has 2 aromatic carbocycles. The van der Waals surface area contributed by atoms with Gasteiger partial charge in [0.1, 0.15) is 0 Å². The first-order valence-electron chi connectivity index (χ1n) is 8.06. The molecule has 4 nitrogen and oxygen atoms in total. The van der Waals surface area contributed by atoms with Crippen LogP contribution >= 0.6 is 0 Å². The minimum Gasteiger partial charge on any atom is -0.393 e. The van der Waals surface area contributed by atoms with E-state index in [0.29, 0.717) is 24.5 Å². The van der Waals surface area contributed by atoms with Crippen molar-refractivity contribution in [2.24, 2.45) is 0 Å². The number of ether oxygens (including phenoxy) is 1. The third-order valence-corrected chi connectivity index (χ3v) is 5.57. The van der Waals surface area contributed by atoms with Crippen molar-refractivity contribution in [3.8, 4) is 0 Å². The van der Waals surface area contributed by atoms with Gasteiger partial charge < -0.3 is 9.84 Å². The minimum absolute atomic E-state index is 0.0596. The Balaban J connectivity index is 1.70. The lowest BCUT2D eigenvalue weighted by molar-refractivity contribution is 0.0723. The normalized spacial score (nSPS) is 12.9. The largest absolute Gasteiger partial charge is 0.393 e. The molecule has 0 unspecified atom stereocenters. The maximum absolute atomic E-state index is 12.2. The molecule has 130 valence electrons. The summed E-state index contributed by atoms with van der Waals surface area (Å²) >= 11 is 0. The Bertz CT molecular complexity index is 709. The van der Waals surface area contributed by atoms with Crippen LogP contribution in [0.25, 0.3) is 0 Å². The molecule has 0 spiro atoms. The van der Waals surface area contributed by atoms with E-state index in [4.69, 9.17) is 4.74 Å². The Morgan fingerprint density at radius 2 is 1.67 bits per heavy atom. The second-order valence-electron chi connectivity index (χ2n) is 5.90. The van der Waals surface area contributed by atoms with Crippen molar-refractivity contribution >= 4 is 9.84 Å². The smallest absolute Gasteiger partial charge is 0.178 e. The molecule has 5 heteroatoms. The minimum atomic E-state index is -3.35. The van der Waals surface area contributed by atoms with E-state index in [9.17, 15) is 13.5 Å². The Labute approximate surface area is 144 Å². The van der Waals surface area contributed by atoms with Crippen LogP contribution in [0.2, 0.25) is 0 Å². The van der Waals surface area contributed by atoms with E-state index in [1.165, 1.54) is 0 Å². The maximum Gasteiger partial charge on any atom is 0.178 e. The molecule has 0 saturated heterocycles. The van der Waals surface area contributed by atoms with E-state index in [-0.39, 0.29) is 12.2 Å². The molecule has 2 rings (SSSR count). The van der Waals surface area contributed by atoms with Gasteiger partial charge in [0.2, 0.25) is 0 Å². The summed E-state index contributed by atoms with van der Waals surface area (Å²) in [5.41, 5.74) is 2.10. The predicted molar refractivity (Wildman–Crippen MR) is 94.6 cm³/mol. The first-order valence-corrected chi connectivity index (χ1v) is 9.72. The van der Waals surface area contributed by atoms with Crippen molar-refractivity contribution in [1.82, 2.24) is 0 Å². The molecule has 0 aliphatic heterocycles. The van der Waals surface area contributed by atoms with Crippen molar-refractivity contribution in [2.75, 3.05) is 12.4 Å². The quantitative estimate of drug-likeness (QED) is 0.707. The van der Waals surface area contributed by atoms with Gasteiger partial charge in [0.05, 0.1) is 23.4 Å². The number of rotatable bonds is 9. The SMILES string of the molecule is Cc1ccc(S(=O)(=O)CC[C@H](O)CCOCc2ccccc2)cc1. The van der Waals surface area contributed by atoms with Gasteiger partial charge in [-0.05, 0) is 37.5 Å². The Hall–Kier alpha value is -1.69. The van der Waals surface area contributed by atoms with Gasteiger partial charge in [-0.3, -0.25) is 0 Å². The average Bonchev–Trinajstić information content (AvgIpc) is 2.58. The second kappa shape index (κ2) is 8.97. The summed E-state index contributed by atoms with van der Waals surface area (Å²) in [6, 6.07) is 16.6. The van der Waals surface area contributed by atoms with E-state index in [1.807, 2.05) is 37.3 Å². The highest BCUT2D eigenvalue weighted by atomic mass is 32.2. The molecule has 0 aliphatic rings. The van der Waals surface area contributed by atoms with Crippen molar-refractivity contribution in [1.29, 1.82) is 0 Å². The fourth-order valence-corrected chi connectivity index (χ4v) is 3.65. The number of sulfone groups is 1. The highest BCUT2D eigenvalue weighted by molar-refractivity contribution is 7.91. The fourth-order valence-electron chi connectivity index (χ4n) is 2.28. The molecule has 0 saturated carbocycles. The first kappa shape index (κ1) is 18.6. The molecule has 1 N–H and O–H groups in total. The second-order valence-corrected chi connectivity index (χ2v) is 8.01. The molecule has 0 amide bonds. The molecular weight excluding hydrogens is 324 g/mol. The zero-order valence-electron chi connectivity index (χ0n) is 13.9. The van der Waals surface area contributed by atoms with E-state index >= 15 is 0 Å². The van der Waals surface area contributed by atoms with E-state index in [1.54, 1.807) is 24.3 Å². The highest BCUT2D eigenvalue weighted by Gasteiger charge is 2.16. The average molecular weight is 348 g/mol. The summed E-state index contributed by atoms with van der Waals surface area (Å²) in [5, 5.41) is 9.96. The summed E-state index contributed by atoms with van der Waals surface area (Å²) < 4.78 is 30.0. The standard InChI is InChI=1S/C19H24O4S/c1-16-7-9-19(10-8-16)24(21,22)14-12-18(20)11-13-23-15-17-5-3-2-4-6-17/h2-10,18,20H,11-15H2,1H3/t18-/m1/s1. The lowest BCUT2D eigenvalue weighted by atomic mass is 10.2. The van der Waals surface area contributed by atoms with Crippen LogP contribution in [0.5, 0.6) is 0 Å². The van der Waals surface area contributed by atoms with E-state index in [0.717, 1.165) is 11.1 Å². The summed E-state index contributed by atoms with van der Waals surface area (Å²) in [6.07, 6.45) is -0.0396. The van der Waals surface area contributed by atoms with Gasteiger partial charge in [0, 0.05) is 6.61 Å². The molecule has 0 radical (unpaired) electrons. The van der Waals surface area contributed by atoms with Crippen molar-refractivity contribution < 1.29 is 18.3 Å². The first-order chi connectivity index (χ1) is 11.5. The van der Waals surface area contributed by atoms with Crippen molar-refractivity contribution in [2.45, 2.75) is 37.4 Å². The summed E-state index contributed by atoms with van der Waals surface area (Å²) in [6.45, 7) is 2.81. The molecule has 0 aromatic heterocycles. The van der Waals surface area contributed by atoms with E-state index < -0.39 is 15.9 Å². The monoisotopic (exact) mass is 348 g/mol. The van der Waals surface area contributed by atoms with Gasteiger partial charge in [-0.15, -0.1) is 0 Å². The van der Waals surface area contributed by atoms with Crippen molar-refractivity contribution in [3.05, 3.63) is 65.7 Å². The Morgan fingerprint density at radius 3 is 2.33 bits per heavy atom. The molecular formula is C19H24O4S. The summed E-state index contributed by atoms with van der Waals surface area (Å²) in [4.78, 5) is 0.306. The molecule has 24 heavy (non-hydrogen) atoms. The predicted octanol–water partition coefficient (Wildman–Crippen LogP) is 3.13. The van der Waals surface area contributed by atoms with Crippen LogP contribution in [0, 0.1) is 6.92 Å². The third kappa shape index (κ3) is 6.07. The van der Waals surface area contributed by atoms with Gasteiger partial charge in [-0.25, -0.2) is 8.42 Å². The molecule has 0 heterocycles. The zero-order valence-corrected chi connectivity index (χ0v) is 14.7. The Kier molecular flexibility index (Phi) is 6.97. The fraction of sp³-hybridized carbons (Fsp3) is 0.368. The maximum atomic E-state index is 12.2. The van der Waals surface area contributed by atoms with Gasteiger partial charge in [0.15, 0.2) is 9.84 Å². The van der Waals surface area contributed by atoms with Crippen LogP contribution < -0.4 is 0 Å². The number of benzene rings is 2. The van der Waals surface area contributed by atoms with Crippen LogP contribution in [0.15, 0.2) is 59.5 Å². The molecule has 0 bridgehead atoms. The van der Waals surface area contributed by atoms with E-state index in [2.05, 4.69) is 0 Å². The van der Waals surface area contributed by atoms with Crippen LogP contribution in [0.3, 0.4) is 0 Å². The van der Waals surface area contributed by atoms with Crippen LogP contribution in [-0.4, -0.2) is 32.0 Å². The Morgan fingerprint density at radius 1 is 1.00 bits per heavy atom. The van der Waals surface area contributed by atoms with Crippen LogP contribution in [-0.2, 0) is 21.2 Å². The number of hydrogen-bond donors (Lipinski definition) is 1. The van der Waals surface area contributed by atoms with Crippen molar-refractivity contribution in [3.63, 3.8) is 0 Å². The highest BCUT2D eigenvalue weighted by Crippen LogP contribution is 2.14. The molecule has 1 atom stereocenters. The number of aliphatic hydroxyl groups is 1. The number of aliphatic hydroxyl groups excluding tert-OH is 1. The molecule has 0 aliphatic carbocycles. The van der Waals surface area contributed by atoms with Gasteiger partial charge in [-0.2, -0.15) is 0 Å². The lowest BCUT2D eigenvalue weighted by Gasteiger charge is -2.11. The molecule has 2 aromatic rings. The summed E-state index contributed by atoms with van der Waals surface area (Å²) in [7, 11) is -3.35. The van der Waals surface area contributed by atoms with Gasteiger partial charge >= 0.3 is 0 Å². The molecule has 0 fully saturated rings. The lowest BCUT2D eigenvalue weighted by Crippen LogP contribution is -2.17. The van der Waals surface area contributed by atoms with Crippen LogP contribution in [0.1, 0.15) is 24.0 Å². The topological polar surface area (TPSA) is 63.6 Å². The zero-order chi connectivity index (χ0) is 17.4. The summed E-state index contributed by atoms with van der Waals surface area (Å²) in [5.74, 6) is -0.0596. The van der Waals surface area contributed by atoms with Crippen LogP contribution in [0.4, 0.5) is 0 Å². The van der Waals surface area contributed by atoms with Gasteiger partial charge in [0.25, 0.3) is 0 Å². The number of aryl methyl sites for hydroxylation is 1. The van der Waals surface area contributed by atoms with Gasteiger partial charge in [-0.1, -0.05) is 48.0 Å². The number of hydrogen-bond acceptors (Lipinski definition) is 4. The third-order valence-electron chi connectivity index (χ3n) is 3.81.